The summed E-state index contributed by atoms with van der Waals surface area (Å²) in [5, 5.41) is 18.2. The zero-order valence-corrected chi connectivity index (χ0v) is 10.9. The molecule has 1 aliphatic rings. The van der Waals surface area contributed by atoms with E-state index in [1.807, 2.05) is 29.8 Å². The first-order valence-electron chi connectivity index (χ1n) is 6.02. The van der Waals surface area contributed by atoms with Gasteiger partial charge in [-0.1, -0.05) is 22.9 Å². The molecule has 0 unspecified atom stereocenters. The summed E-state index contributed by atoms with van der Waals surface area (Å²) in [4.78, 5) is 0. The number of benzene rings is 1. The largest absolute Gasteiger partial charge is 0.390 e. The molecule has 1 heterocycles. The summed E-state index contributed by atoms with van der Waals surface area (Å²) in [6, 6.07) is 5.72. The van der Waals surface area contributed by atoms with Gasteiger partial charge in [-0.05, 0) is 37.5 Å². The molecule has 0 amide bonds. The van der Waals surface area contributed by atoms with Gasteiger partial charge < -0.3 is 5.11 Å². The van der Waals surface area contributed by atoms with E-state index in [1.54, 1.807) is 0 Å². The van der Waals surface area contributed by atoms with Crippen LogP contribution < -0.4 is 0 Å². The SMILES string of the molecule is Cc1ccc(Cl)cc1-n1nnc(CO)c1C1CC1. The van der Waals surface area contributed by atoms with E-state index in [4.69, 9.17) is 11.6 Å². The maximum atomic E-state index is 9.34. The van der Waals surface area contributed by atoms with Crippen LogP contribution in [0.25, 0.3) is 5.69 Å². The highest BCUT2D eigenvalue weighted by molar-refractivity contribution is 6.30. The molecule has 4 nitrogen and oxygen atoms in total. The topological polar surface area (TPSA) is 50.9 Å². The maximum absolute atomic E-state index is 9.34. The lowest BCUT2D eigenvalue weighted by atomic mass is 10.1. The van der Waals surface area contributed by atoms with E-state index in [0.717, 1.165) is 29.8 Å². The Balaban J connectivity index is 2.16. The maximum Gasteiger partial charge on any atom is 0.112 e. The van der Waals surface area contributed by atoms with E-state index in [-0.39, 0.29) is 6.61 Å². The summed E-state index contributed by atoms with van der Waals surface area (Å²) in [6.45, 7) is 1.95. The predicted molar refractivity (Wildman–Crippen MR) is 69.0 cm³/mol. The first-order valence-corrected chi connectivity index (χ1v) is 6.40. The van der Waals surface area contributed by atoms with Crippen molar-refractivity contribution in [3.8, 4) is 5.69 Å². The van der Waals surface area contributed by atoms with Crippen LogP contribution in [0.4, 0.5) is 0 Å². The van der Waals surface area contributed by atoms with E-state index in [2.05, 4.69) is 10.3 Å². The number of rotatable bonds is 3. The van der Waals surface area contributed by atoms with Gasteiger partial charge in [-0.15, -0.1) is 5.10 Å². The van der Waals surface area contributed by atoms with Crippen LogP contribution in [-0.2, 0) is 6.61 Å². The molecule has 0 atom stereocenters. The smallest absolute Gasteiger partial charge is 0.112 e. The van der Waals surface area contributed by atoms with E-state index >= 15 is 0 Å². The number of aliphatic hydroxyl groups is 1. The van der Waals surface area contributed by atoms with Crippen LogP contribution >= 0.6 is 11.6 Å². The Bertz CT molecular complexity index is 590. The molecule has 0 aliphatic heterocycles. The molecule has 0 saturated heterocycles. The number of aromatic nitrogens is 3. The van der Waals surface area contributed by atoms with Crippen LogP contribution in [-0.4, -0.2) is 20.1 Å². The molecule has 0 bridgehead atoms. The highest BCUT2D eigenvalue weighted by Crippen LogP contribution is 2.42. The van der Waals surface area contributed by atoms with Gasteiger partial charge in [-0.3, -0.25) is 0 Å². The zero-order valence-electron chi connectivity index (χ0n) is 10.1. The fourth-order valence-electron chi connectivity index (χ4n) is 2.19. The molecule has 1 aromatic carbocycles. The average molecular weight is 264 g/mol. The molecule has 2 aromatic rings. The number of hydrogen-bond donors (Lipinski definition) is 1. The third kappa shape index (κ3) is 1.91. The number of hydrogen-bond acceptors (Lipinski definition) is 3. The second kappa shape index (κ2) is 4.37. The number of aryl methyl sites for hydroxylation is 1. The summed E-state index contributed by atoms with van der Waals surface area (Å²) in [7, 11) is 0. The van der Waals surface area contributed by atoms with Crippen molar-refractivity contribution >= 4 is 11.6 Å². The summed E-state index contributed by atoms with van der Waals surface area (Å²) < 4.78 is 1.82. The fourth-order valence-corrected chi connectivity index (χ4v) is 2.35. The van der Waals surface area contributed by atoms with E-state index < -0.39 is 0 Å². The molecule has 18 heavy (non-hydrogen) atoms. The first-order chi connectivity index (χ1) is 8.70. The summed E-state index contributed by atoms with van der Waals surface area (Å²) in [5.41, 5.74) is 3.74. The van der Waals surface area contributed by atoms with Crippen LogP contribution in [0.3, 0.4) is 0 Å². The Hall–Kier alpha value is -1.39. The average Bonchev–Trinajstić information content (AvgIpc) is 3.12. The Morgan fingerprint density at radius 1 is 1.44 bits per heavy atom. The van der Waals surface area contributed by atoms with Crippen molar-refractivity contribution < 1.29 is 5.11 Å². The highest BCUT2D eigenvalue weighted by Gasteiger charge is 2.31. The molecule has 1 aromatic heterocycles. The van der Waals surface area contributed by atoms with Crippen molar-refractivity contribution in [2.75, 3.05) is 0 Å². The second-order valence-corrected chi connectivity index (χ2v) is 5.13. The number of halogens is 1. The quantitative estimate of drug-likeness (QED) is 0.926. The van der Waals surface area contributed by atoms with Crippen LogP contribution in [0.15, 0.2) is 18.2 Å². The van der Waals surface area contributed by atoms with Gasteiger partial charge in [0.05, 0.1) is 18.0 Å². The predicted octanol–water partition coefficient (Wildman–Crippen LogP) is 2.60. The molecule has 3 rings (SSSR count). The van der Waals surface area contributed by atoms with Gasteiger partial charge in [0.1, 0.15) is 5.69 Å². The van der Waals surface area contributed by atoms with Gasteiger partial charge in [0.2, 0.25) is 0 Å². The van der Waals surface area contributed by atoms with Crippen molar-refractivity contribution in [3.63, 3.8) is 0 Å². The monoisotopic (exact) mass is 263 g/mol. The lowest BCUT2D eigenvalue weighted by Gasteiger charge is -2.09. The van der Waals surface area contributed by atoms with Crippen molar-refractivity contribution in [1.29, 1.82) is 0 Å². The Morgan fingerprint density at radius 2 is 2.22 bits per heavy atom. The van der Waals surface area contributed by atoms with Gasteiger partial charge in [-0.2, -0.15) is 0 Å². The number of nitrogens with zero attached hydrogens (tertiary/aromatic N) is 3. The first kappa shape index (κ1) is 11.7. The number of aliphatic hydroxyl groups excluding tert-OH is 1. The van der Waals surface area contributed by atoms with Crippen LogP contribution in [0.5, 0.6) is 0 Å². The van der Waals surface area contributed by atoms with Gasteiger partial charge in [0.15, 0.2) is 0 Å². The molecule has 94 valence electrons. The summed E-state index contributed by atoms with van der Waals surface area (Å²) >= 11 is 6.04. The Kier molecular flexibility index (Phi) is 2.84. The molecule has 0 spiro atoms. The van der Waals surface area contributed by atoms with E-state index in [9.17, 15) is 5.11 Å². The van der Waals surface area contributed by atoms with Crippen LogP contribution in [0, 0.1) is 6.92 Å². The standard InChI is InChI=1S/C13H14ClN3O/c1-8-2-5-10(14)6-12(8)17-13(9-3-4-9)11(7-18)15-16-17/h2,5-6,9,18H,3-4,7H2,1H3. The molecular weight excluding hydrogens is 250 g/mol. The van der Waals surface area contributed by atoms with Crippen LogP contribution in [0.1, 0.15) is 35.7 Å². The minimum atomic E-state index is -0.0640. The van der Waals surface area contributed by atoms with Crippen LogP contribution in [0.2, 0.25) is 5.02 Å². The molecule has 5 heteroatoms. The molecule has 0 radical (unpaired) electrons. The van der Waals surface area contributed by atoms with Crippen molar-refractivity contribution in [2.24, 2.45) is 0 Å². The van der Waals surface area contributed by atoms with Gasteiger partial charge in [-0.25, -0.2) is 4.68 Å². The van der Waals surface area contributed by atoms with Gasteiger partial charge >= 0.3 is 0 Å². The molecule has 1 fully saturated rings. The molecule has 1 saturated carbocycles. The van der Waals surface area contributed by atoms with E-state index in [0.29, 0.717) is 16.6 Å². The third-order valence-corrected chi connectivity index (χ3v) is 3.53. The lowest BCUT2D eigenvalue weighted by molar-refractivity contribution is 0.275. The molecule has 1 aliphatic carbocycles. The van der Waals surface area contributed by atoms with Crippen molar-refractivity contribution in [1.82, 2.24) is 15.0 Å². The zero-order chi connectivity index (χ0) is 12.7. The normalized spacial score (nSPS) is 15.1. The Labute approximate surface area is 110 Å². The molecule has 1 N–H and O–H groups in total. The van der Waals surface area contributed by atoms with Gasteiger partial charge in [0, 0.05) is 10.9 Å². The molecular formula is C13H14ClN3O. The highest BCUT2D eigenvalue weighted by atomic mass is 35.5. The minimum absolute atomic E-state index is 0.0640. The Morgan fingerprint density at radius 3 is 2.89 bits per heavy atom. The third-order valence-electron chi connectivity index (χ3n) is 3.29. The lowest BCUT2D eigenvalue weighted by Crippen LogP contribution is -2.04. The van der Waals surface area contributed by atoms with Gasteiger partial charge in [0.25, 0.3) is 0 Å². The van der Waals surface area contributed by atoms with Crippen molar-refractivity contribution in [3.05, 3.63) is 40.2 Å². The van der Waals surface area contributed by atoms with Crippen molar-refractivity contribution in [2.45, 2.75) is 32.3 Å². The fraction of sp³-hybridized carbons (Fsp3) is 0.385. The van der Waals surface area contributed by atoms with E-state index in [1.165, 1.54) is 0 Å². The summed E-state index contributed by atoms with van der Waals surface area (Å²) in [6.07, 6.45) is 2.28. The minimum Gasteiger partial charge on any atom is -0.390 e. The second-order valence-electron chi connectivity index (χ2n) is 4.70. The summed E-state index contributed by atoms with van der Waals surface area (Å²) in [5.74, 6) is 0.473.